The third-order valence-corrected chi connectivity index (χ3v) is 3.22. The van der Waals surface area contributed by atoms with E-state index in [0.717, 1.165) is 18.7 Å². The fraction of sp³-hybridized carbons (Fsp3) is 0.615. The fourth-order valence-corrected chi connectivity index (χ4v) is 2.21. The molecular formula is C13H18N2O3. The number of hydrogen-bond acceptors (Lipinski definition) is 4. The molecule has 1 aliphatic rings. The van der Waals surface area contributed by atoms with E-state index in [2.05, 4.69) is 11.9 Å². The highest BCUT2D eigenvalue weighted by atomic mass is 16.5. The molecule has 1 atom stereocenters. The number of esters is 1. The summed E-state index contributed by atoms with van der Waals surface area (Å²) in [5.74, 6) is 1.01. The summed E-state index contributed by atoms with van der Waals surface area (Å²) in [7, 11) is 0. The number of carbonyl (C=O) groups is 1. The Balaban J connectivity index is 2.24. The Hall–Kier alpha value is -1.65. The monoisotopic (exact) mass is 250 g/mol. The largest absolute Gasteiger partial charge is 0.466 e. The number of hydrogen-bond donors (Lipinski definition) is 0. The third-order valence-electron chi connectivity index (χ3n) is 3.22. The number of carbonyl (C=O) groups excluding carboxylic acids is 1. The van der Waals surface area contributed by atoms with Crippen LogP contribution in [0, 0.1) is 5.92 Å². The highest BCUT2D eigenvalue weighted by Crippen LogP contribution is 2.16. The number of ether oxygens (including phenoxy) is 1. The SMILES string of the molecule is CCOC(=O)Cc1cnc2n(c1=O)CCC(C)C2. The summed E-state index contributed by atoms with van der Waals surface area (Å²) in [5, 5.41) is 0. The average Bonchev–Trinajstić information content (AvgIpc) is 2.33. The van der Waals surface area contributed by atoms with Crippen LogP contribution in [0.3, 0.4) is 0 Å². The van der Waals surface area contributed by atoms with Crippen molar-refractivity contribution >= 4 is 5.97 Å². The van der Waals surface area contributed by atoms with Gasteiger partial charge >= 0.3 is 5.97 Å². The minimum absolute atomic E-state index is 0.00943. The lowest BCUT2D eigenvalue weighted by Gasteiger charge is -2.22. The Bertz CT molecular complexity index is 507. The van der Waals surface area contributed by atoms with Gasteiger partial charge in [0.05, 0.1) is 13.0 Å². The van der Waals surface area contributed by atoms with Crippen LogP contribution in [0.15, 0.2) is 11.0 Å². The van der Waals surface area contributed by atoms with Crippen LogP contribution in [0.1, 0.15) is 31.7 Å². The Morgan fingerprint density at radius 1 is 1.61 bits per heavy atom. The fourth-order valence-electron chi connectivity index (χ4n) is 2.21. The number of rotatable bonds is 3. The minimum atomic E-state index is -0.374. The van der Waals surface area contributed by atoms with Crippen molar-refractivity contribution < 1.29 is 9.53 Å². The van der Waals surface area contributed by atoms with E-state index in [1.807, 2.05) is 0 Å². The van der Waals surface area contributed by atoms with Crippen LogP contribution in [-0.2, 0) is 28.9 Å². The van der Waals surface area contributed by atoms with Crippen molar-refractivity contribution in [2.24, 2.45) is 5.92 Å². The van der Waals surface area contributed by atoms with Gasteiger partial charge in [0.1, 0.15) is 5.82 Å². The van der Waals surface area contributed by atoms with Gasteiger partial charge in [-0.1, -0.05) is 6.92 Å². The van der Waals surface area contributed by atoms with Gasteiger partial charge in [-0.25, -0.2) is 4.98 Å². The number of nitrogens with zero attached hydrogens (tertiary/aromatic N) is 2. The molecule has 0 radical (unpaired) electrons. The molecule has 1 aromatic heterocycles. The molecule has 0 aliphatic carbocycles. The van der Waals surface area contributed by atoms with Crippen LogP contribution in [0.25, 0.3) is 0 Å². The lowest BCUT2D eigenvalue weighted by molar-refractivity contribution is -0.142. The maximum absolute atomic E-state index is 12.2. The second-order valence-corrected chi connectivity index (χ2v) is 4.74. The molecule has 98 valence electrons. The van der Waals surface area contributed by atoms with E-state index in [4.69, 9.17) is 4.74 Å². The highest BCUT2D eigenvalue weighted by molar-refractivity contribution is 5.72. The van der Waals surface area contributed by atoms with Crippen molar-refractivity contribution in [1.29, 1.82) is 0 Å². The molecule has 0 N–H and O–H groups in total. The van der Waals surface area contributed by atoms with Crippen LogP contribution in [0.2, 0.25) is 0 Å². The lowest BCUT2D eigenvalue weighted by Crippen LogP contribution is -2.33. The topological polar surface area (TPSA) is 61.2 Å². The first-order valence-corrected chi connectivity index (χ1v) is 6.35. The standard InChI is InChI=1S/C13H18N2O3/c1-3-18-12(16)7-10-8-14-11-6-9(2)4-5-15(11)13(10)17/h8-9H,3-7H2,1-2H3. The molecule has 2 rings (SSSR count). The number of fused-ring (bicyclic) bond motifs is 1. The molecule has 1 unspecified atom stereocenters. The highest BCUT2D eigenvalue weighted by Gasteiger charge is 2.19. The molecule has 0 spiro atoms. The van der Waals surface area contributed by atoms with Crippen molar-refractivity contribution in [1.82, 2.24) is 9.55 Å². The van der Waals surface area contributed by atoms with Crippen molar-refractivity contribution in [3.8, 4) is 0 Å². The van der Waals surface area contributed by atoms with Gasteiger partial charge in [-0.15, -0.1) is 0 Å². The first kappa shape index (κ1) is 12.8. The van der Waals surface area contributed by atoms with Crippen LogP contribution in [0.5, 0.6) is 0 Å². The summed E-state index contributed by atoms with van der Waals surface area (Å²) in [5.41, 5.74) is 0.326. The maximum atomic E-state index is 12.2. The molecule has 1 aromatic rings. The first-order valence-electron chi connectivity index (χ1n) is 6.35. The maximum Gasteiger partial charge on any atom is 0.310 e. The summed E-state index contributed by atoms with van der Waals surface area (Å²) in [4.78, 5) is 27.9. The Labute approximate surface area is 106 Å². The Kier molecular flexibility index (Phi) is 3.79. The Morgan fingerprint density at radius 2 is 2.39 bits per heavy atom. The second-order valence-electron chi connectivity index (χ2n) is 4.74. The van der Waals surface area contributed by atoms with Crippen molar-refractivity contribution in [3.63, 3.8) is 0 Å². The van der Waals surface area contributed by atoms with Gasteiger partial charge in [0.2, 0.25) is 0 Å². The summed E-state index contributed by atoms with van der Waals surface area (Å²) in [6, 6.07) is 0. The van der Waals surface area contributed by atoms with Gasteiger partial charge < -0.3 is 4.74 Å². The van der Waals surface area contributed by atoms with Crippen LogP contribution in [-0.4, -0.2) is 22.1 Å². The molecular weight excluding hydrogens is 232 g/mol. The lowest BCUT2D eigenvalue weighted by atomic mass is 10.00. The average molecular weight is 250 g/mol. The van der Waals surface area contributed by atoms with Crippen LogP contribution in [0.4, 0.5) is 0 Å². The van der Waals surface area contributed by atoms with Gasteiger partial charge in [0, 0.05) is 24.7 Å². The summed E-state index contributed by atoms with van der Waals surface area (Å²) in [6.45, 7) is 4.93. The molecule has 0 fully saturated rings. The van der Waals surface area contributed by atoms with E-state index >= 15 is 0 Å². The van der Waals surface area contributed by atoms with Crippen LogP contribution >= 0.6 is 0 Å². The smallest absolute Gasteiger partial charge is 0.310 e. The van der Waals surface area contributed by atoms with E-state index in [9.17, 15) is 9.59 Å². The molecule has 0 aromatic carbocycles. The molecule has 5 nitrogen and oxygen atoms in total. The molecule has 0 bridgehead atoms. The zero-order valence-corrected chi connectivity index (χ0v) is 10.8. The molecule has 0 amide bonds. The summed E-state index contributed by atoms with van der Waals surface area (Å²) in [6.07, 6.45) is 3.34. The molecule has 0 saturated carbocycles. The van der Waals surface area contributed by atoms with E-state index in [-0.39, 0.29) is 17.9 Å². The predicted molar refractivity (Wildman–Crippen MR) is 66.3 cm³/mol. The van der Waals surface area contributed by atoms with Gasteiger partial charge in [0.15, 0.2) is 0 Å². The molecule has 2 heterocycles. The quantitative estimate of drug-likeness (QED) is 0.749. The van der Waals surface area contributed by atoms with Crippen molar-refractivity contribution in [2.45, 2.75) is 39.7 Å². The molecule has 5 heteroatoms. The van der Waals surface area contributed by atoms with Gasteiger partial charge in [-0.2, -0.15) is 0 Å². The van der Waals surface area contributed by atoms with E-state index in [1.165, 1.54) is 6.20 Å². The predicted octanol–water partition coefficient (Wildman–Crippen LogP) is 0.931. The number of aromatic nitrogens is 2. The van der Waals surface area contributed by atoms with E-state index in [1.54, 1.807) is 11.5 Å². The summed E-state index contributed by atoms with van der Waals surface area (Å²) >= 11 is 0. The van der Waals surface area contributed by atoms with Gasteiger partial charge in [0.25, 0.3) is 5.56 Å². The van der Waals surface area contributed by atoms with Gasteiger partial charge in [-0.3, -0.25) is 14.2 Å². The zero-order valence-electron chi connectivity index (χ0n) is 10.8. The molecule has 1 aliphatic heterocycles. The molecule has 18 heavy (non-hydrogen) atoms. The Morgan fingerprint density at radius 3 is 3.11 bits per heavy atom. The van der Waals surface area contributed by atoms with Crippen molar-refractivity contribution in [3.05, 3.63) is 27.9 Å². The zero-order chi connectivity index (χ0) is 13.1. The van der Waals surface area contributed by atoms with Gasteiger partial charge in [-0.05, 0) is 19.3 Å². The van der Waals surface area contributed by atoms with Crippen molar-refractivity contribution in [2.75, 3.05) is 6.61 Å². The summed E-state index contributed by atoms with van der Waals surface area (Å²) < 4.78 is 6.54. The third kappa shape index (κ3) is 2.60. The normalized spacial score (nSPS) is 18.2. The first-order chi connectivity index (χ1) is 8.61. The van der Waals surface area contributed by atoms with E-state index in [0.29, 0.717) is 24.6 Å². The van der Waals surface area contributed by atoms with Crippen LogP contribution < -0.4 is 5.56 Å². The second kappa shape index (κ2) is 5.33. The molecule has 0 saturated heterocycles. The van der Waals surface area contributed by atoms with E-state index < -0.39 is 0 Å². The minimum Gasteiger partial charge on any atom is -0.466 e.